The molecule has 0 saturated carbocycles. The first-order chi connectivity index (χ1) is 9.41. The lowest BCUT2D eigenvalue weighted by atomic mass is 10.1. The number of rotatable bonds is 3. The highest BCUT2D eigenvalue weighted by Crippen LogP contribution is 2.33. The third-order valence-corrected chi connectivity index (χ3v) is 4.81. The summed E-state index contributed by atoms with van der Waals surface area (Å²) in [6.45, 7) is 2.82. The quantitative estimate of drug-likeness (QED) is 0.482. The summed E-state index contributed by atoms with van der Waals surface area (Å²) in [7, 11) is -4.05. The van der Waals surface area contributed by atoms with E-state index in [0.29, 0.717) is 0 Å². The third kappa shape index (κ3) is 2.06. The number of benzene rings is 1. The van der Waals surface area contributed by atoms with Crippen LogP contribution in [0.5, 0.6) is 0 Å². The Morgan fingerprint density at radius 1 is 1.35 bits per heavy atom. The Morgan fingerprint density at radius 3 is 2.60 bits per heavy atom. The van der Waals surface area contributed by atoms with Crippen LogP contribution in [0.4, 0.5) is 5.69 Å². The predicted octanol–water partition coefficient (Wildman–Crippen LogP) is 1.87. The molecule has 20 heavy (non-hydrogen) atoms. The van der Waals surface area contributed by atoms with Crippen LogP contribution in [0.15, 0.2) is 29.4 Å². The van der Waals surface area contributed by atoms with Crippen molar-refractivity contribution in [1.82, 2.24) is 4.31 Å². The predicted molar refractivity (Wildman–Crippen MR) is 73.2 cm³/mol. The molecule has 0 spiro atoms. The first kappa shape index (κ1) is 14.2. The summed E-state index contributed by atoms with van der Waals surface area (Å²) in [6, 6.07) is 5.80. The molecule has 1 amide bonds. The van der Waals surface area contributed by atoms with Crippen molar-refractivity contribution in [2.75, 3.05) is 11.0 Å². The van der Waals surface area contributed by atoms with E-state index in [9.17, 15) is 13.2 Å². The van der Waals surface area contributed by atoms with Crippen molar-refractivity contribution in [3.05, 3.63) is 40.3 Å². The Balaban J connectivity index is 2.68. The molecule has 1 heterocycles. The van der Waals surface area contributed by atoms with Gasteiger partial charge in [-0.3, -0.25) is 4.79 Å². The second-order valence-electron chi connectivity index (χ2n) is 4.44. The van der Waals surface area contributed by atoms with Crippen molar-refractivity contribution in [3.63, 3.8) is 0 Å². The van der Waals surface area contributed by atoms with E-state index in [2.05, 4.69) is 10.0 Å². The van der Waals surface area contributed by atoms with Gasteiger partial charge >= 0.3 is 10.2 Å². The standard InChI is InChI=1S/C11H13N5O3S/c1-8(2)16-11(17)9-5-3-4-6-10(9)15(7-13-14-12)20(16,18)19/h3-6,8H,7H2,1-2H3. The van der Waals surface area contributed by atoms with Crippen LogP contribution < -0.4 is 4.31 Å². The zero-order valence-electron chi connectivity index (χ0n) is 11.0. The number of nitrogens with zero attached hydrogens (tertiary/aromatic N) is 5. The van der Waals surface area contributed by atoms with Crippen molar-refractivity contribution < 1.29 is 13.2 Å². The Morgan fingerprint density at radius 2 is 2.00 bits per heavy atom. The average molecular weight is 295 g/mol. The van der Waals surface area contributed by atoms with Crippen molar-refractivity contribution >= 4 is 21.8 Å². The van der Waals surface area contributed by atoms with Crippen LogP contribution in [0.3, 0.4) is 0 Å². The molecule has 9 heteroatoms. The van der Waals surface area contributed by atoms with E-state index in [1.165, 1.54) is 6.07 Å². The number of carbonyl (C=O) groups excluding carboxylic acids is 1. The molecule has 0 bridgehead atoms. The van der Waals surface area contributed by atoms with E-state index < -0.39 is 28.8 Å². The van der Waals surface area contributed by atoms with Gasteiger partial charge in [-0.2, -0.15) is 8.42 Å². The normalized spacial score (nSPS) is 16.9. The number of para-hydroxylation sites is 1. The van der Waals surface area contributed by atoms with Gasteiger partial charge < -0.3 is 0 Å². The molecular weight excluding hydrogens is 282 g/mol. The number of hydrogen-bond donors (Lipinski definition) is 0. The lowest BCUT2D eigenvalue weighted by Crippen LogP contribution is -2.53. The van der Waals surface area contributed by atoms with E-state index in [0.717, 1.165) is 8.61 Å². The maximum Gasteiger partial charge on any atom is 0.329 e. The van der Waals surface area contributed by atoms with Gasteiger partial charge in [0.1, 0.15) is 6.67 Å². The van der Waals surface area contributed by atoms with Crippen LogP contribution in [0.25, 0.3) is 10.4 Å². The highest BCUT2D eigenvalue weighted by Gasteiger charge is 2.42. The van der Waals surface area contributed by atoms with Crippen LogP contribution in [0.1, 0.15) is 24.2 Å². The smallest absolute Gasteiger partial charge is 0.268 e. The Hall–Kier alpha value is -2.25. The molecule has 106 valence electrons. The van der Waals surface area contributed by atoms with Gasteiger partial charge in [0.2, 0.25) is 0 Å². The number of carbonyl (C=O) groups is 1. The number of azide groups is 1. The van der Waals surface area contributed by atoms with Crippen molar-refractivity contribution in [2.24, 2.45) is 5.11 Å². The van der Waals surface area contributed by atoms with Gasteiger partial charge in [-0.05, 0) is 31.5 Å². The van der Waals surface area contributed by atoms with Crippen molar-refractivity contribution in [1.29, 1.82) is 0 Å². The fraction of sp³-hybridized carbons (Fsp3) is 0.364. The van der Waals surface area contributed by atoms with Gasteiger partial charge in [-0.15, -0.1) is 0 Å². The summed E-state index contributed by atoms with van der Waals surface area (Å²) in [4.78, 5) is 14.9. The fourth-order valence-corrected chi connectivity index (χ4v) is 3.72. The lowest BCUT2D eigenvalue weighted by molar-refractivity contribution is 0.0831. The van der Waals surface area contributed by atoms with E-state index in [1.54, 1.807) is 32.0 Å². The molecule has 0 aromatic heterocycles. The first-order valence-electron chi connectivity index (χ1n) is 5.87. The van der Waals surface area contributed by atoms with Gasteiger partial charge in [0.05, 0.1) is 11.3 Å². The number of amides is 1. The first-order valence-corrected chi connectivity index (χ1v) is 7.27. The average Bonchev–Trinajstić information content (AvgIpc) is 2.37. The summed E-state index contributed by atoms with van der Waals surface area (Å²) in [5.74, 6) is -0.576. The Kier molecular flexibility index (Phi) is 3.56. The minimum Gasteiger partial charge on any atom is -0.268 e. The third-order valence-electron chi connectivity index (χ3n) is 2.85. The second-order valence-corrected chi connectivity index (χ2v) is 6.17. The van der Waals surface area contributed by atoms with Crippen LogP contribution >= 0.6 is 0 Å². The van der Waals surface area contributed by atoms with Gasteiger partial charge in [0.25, 0.3) is 5.91 Å². The van der Waals surface area contributed by atoms with Gasteiger partial charge in [0, 0.05) is 11.0 Å². The van der Waals surface area contributed by atoms with E-state index in [4.69, 9.17) is 5.53 Å². The van der Waals surface area contributed by atoms with Crippen LogP contribution in [0, 0.1) is 0 Å². The summed E-state index contributed by atoms with van der Waals surface area (Å²) in [6.07, 6.45) is 0. The largest absolute Gasteiger partial charge is 0.329 e. The minimum absolute atomic E-state index is 0.224. The van der Waals surface area contributed by atoms with Gasteiger partial charge in [0.15, 0.2) is 0 Å². The van der Waals surface area contributed by atoms with E-state index in [-0.39, 0.29) is 11.3 Å². The SMILES string of the molecule is CC(C)N1C(=O)c2ccccc2N(CN=[N+]=[N-])S1(=O)=O. The zero-order chi connectivity index (χ0) is 14.9. The highest BCUT2D eigenvalue weighted by molar-refractivity contribution is 7.91. The molecule has 0 saturated heterocycles. The number of hydrogen-bond acceptors (Lipinski definition) is 4. The molecular formula is C11H13N5O3S. The van der Waals surface area contributed by atoms with Crippen LogP contribution in [0.2, 0.25) is 0 Å². The zero-order valence-corrected chi connectivity index (χ0v) is 11.8. The number of anilines is 1. The molecule has 8 nitrogen and oxygen atoms in total. The molecule has 0 N–H and O–H groups in total. The maximum absolute atomic E-state index is 12.5. The molecule has 0 radical (unpaired) electrons. The molecule has 1 aromatic rings. The van der Waals surface area contributed by atoms with E-state index in [1.807, 2.05) is 0 Å². The molecule has 2 rings (SSSR count). The highest BCUT2D eigenvalue weighted by atomic mass is 32.2. The number of fused-ring (bicyclic) bond motifs is 1. The van der Waals surface area contributed by atoms with E-state index >= 15 is 0 Å². The lowest BCUT2D eigenvalue weighted by Gasteiger charge is -2.37. The summed E-state index contributed by atoms with van der Waals surface area (Å²) >= 11 is 0. The van der Waals surface area contributed by atoms with Gasteiger partial charge in [-0.1, -0.05) is 17.2 Å². The minimum atomic E-state index is -4.05. The Bertz CT molecular complexity index is 694. The maximum atomic E-state index is 12.5. The molecule has 1 aromatic carbocycles. The topological polar surface area (TPSA) is 106 Å². The summed E-state index contributed by atoms with van der Waals surface area (Å²) in [5.41, 5.74) is 8.89. The van der Waals surface area contributed by atoms with Gasteiger partial charge in [-0.25, -0.2) is 8.61 Å². The molecule has 1 aliphatic heterocycles. The monoisotopic (exact) mass is 295 g/mol. The fourth-order valence-electron chi connectivity index (χ4n) is 2.06. The molecule has 0 unspecified atom stereocenters. The van der Waals surface area contributed by atoms with Crippen LogP contribution in [-0.4, -0.2) is 31.3 Å². The molecule has 1 aliphatic rings. The molecule has 0 aliphatic carbocycles. The summed E-state index contributed by atoms with van der Waals surface area (Å²) in [5, 5.41) is 3.30. The Labute approximate surface area is 116 Å². The van der Waals surface area contributed by atoms with Crippen molar-refractivity contribution in [3.8, 4) is 0 Å². The summed E-state index contributed by atoms with van der Waals surface area (Å²) < 4.78 is 26.7. The van der Waals surface area contributed by atoms with Crippen LogP contribution in [-0.2, 0) is 10.2 Å². The molecule has 0 fully saturated rings. The van der Waals surface area contributed by atoms with Crippen molar-refractivity contribution in [2.45, 2.75) is 19.9 Å². The molecule has 0 atom stereocenters. The second kappa shape index (κ2) is 5.03.